The smallest absolute Gasteiger partial charge is 0.242 e. The SMILES string of the molecule is COc1ccc(OCC(C)NC(=O)CCc2cc(S(=O)(=O)N(C)C)ccc2OC)cc1. The van der Waals surface area contributed by atoms with Crippen molar-refractivity contribution in [3.8, 4) is 17.2 Å². The van der Waals surface area contributed by atoms with E-state index >= 15 is 0 Å². The van der Waals surface area contributed by atoms with Gasteiger partial charge in [-0.3, -0.25) is 4.79 Å². The average Bonchev–Trinajstić information content (AvgIpc) is 2.76. The number of carbonyl (C=O) groups is 1. The molecule has 0 aliphatic rings. The maximum absolute atomic E-state index is 12.4. The highest BCUT2D eigenvalue weighted by molar-refractivity contribution is 7.89. The standard InChI is InChI=1S/C22H30N2O6S/c1-16(15-30-19-9-7-18(28-4)8-10-19)23-22(25)13-6-17-14-20(11-12-21(17)29-5)31(26,27)24(2)3/h7-12,14,16H,6,13,15H2,1-5H3,(H,23,25). The topological polar surface area (TPSA) is 94.2 Å². The number of benzene rings is 2. The van der Waals surface area contributed by atoms with Crippen molar-refractivity contribution < 1.29 is 27.4 Å². The molecule has 0 spiro atoms. The number of nitrogens with one attached hydrogen (secondary N) is 1. The van der Waals surface area contributed by atoms with Crippen LogP contribution in [0.2, 0.25) is 0 Å². The van der Waals surface area contributed by atoms with E-state index in [4.69, 9.17) is 14.2 Å². The summed E-state index contributed by atoms with van der Waals surface area (Å²) in [7, 11) is 2.49. The lowest BCUT2D eigenvalue weighted by Crippen LogP contribution is -2.36. The van der Waals surface area contributed by atoms with Crippen LogP contribution in [0.15, 0.2) is 47.4 Å². The van der Waals surface area contributed by atoms with Crippen molar-refractivity contribution in [2.45, 2.75) is 30.7 Å². The van der Waals surface area contributed by atoms with E-state index in [1.807, 2.05) is 6.92 Å². The van der Waals surface area contributed by atoms with Crippen molar-refractivity contribution in [2.24, 2.45) is 0 Å². The molecule has 0 radical (unpaired) electrons. The van der Waals surface area contributed by atoms with E-state index in [0.29, 0.717) is 30.1 Å². The highest BCUT2D eigenvalue weighted by Gasteiger charge is 2.19. The Hall–Kier alpha value is -2.78. The van der Waals surface area contributed by atoms with E-state index in [1.165, 1.54) is 27.3 Å². The molecule has 2 rings (SSSR count). The first-order valence-electron chi connectivity index (χ1n) is 9.83. The molecule has 0 saturated heterocycles. The summed E-state index contributed by atoms with van der Waals surface area (Å²) in [6.07, 6.45) is 0.534. The van der Waals surface area contributed by atoms with Gasteiger partial charge in [-0.05, 0) is 61.4 Å². The van der Waals surface area contributed by atoms with Crippen LogP contribution in [0.25, 0.3) is 0 Å². The molecular formula is C22H30N2O6S. The molecule has 2 aromatic rings. The Kier molecular flexibility index (Phi) is 8.70. The second-order valence-electron chi connectivity index (χ2n) is 7.22. The summed E-state index contributed by atoms with van der Waals surface area (Å²) >= 11 is 0. The van der Waals surface area contributed by atoms with Crippen molar-refractivity contribution in [3.05, 3.63) is 48.0 Å². The molecule has 0 aliphatic carbocycles. The zero-order chi connectivity index (χ0) is 23.0. The van der Waals surface area contributed by atoms with E-state index in [-0.39, 0.29) is 23.3 Å². The van der Waals surface area contributed by atoms with Gasteiger partial charge in [-0.1, -0.05) is 0 Å². The largest absolute Gasteiger partial charge is 0.497 e. The molecule has 170 valence electrons. The first-order chi connectivity index (χ1) is 14.7. The van der Waals surface area contributed by atoms with Gasteiger partial charge in [0, 0.05) is 20.5 Å². The van der Waals surface area contributed by atoms with Gasteiger partial charge in [0.25, 0.3) is 0 Å². The maximum atomic E-state index is 12.4. The third-order valence-electron chi connectivity index (χ3n) is 4.62. The highest BCUT2D eigenvalue weighted by atomic mass is 32.2. The van der Waals surface area contributed by atoms with Gasteiger partial charge in [0.1, 0.15) is 23.9 Å². The van der Waals surface area contributed by atoms with Crippen LogP contribution in [0.4, 0.5) is 0 Å². The summed E-state index contributed by atoms with van der Waals surface area (Å²) in [5.74, 6) is 1.81. The Balaban J connectivity index is 1.92. The molecule has 0 aromatic heterocycles. The van der Waals surface area contributed by atoms with E-state index in [0.717, 1.165) is 10.1 Å². The monoisotopic (exact) mass is 450 g/mol. The summed E-state index contributed by atoms with van der Waals surface area (Å²) in [5.41, 5.74) is 0.655. The summed E-state index contributed by atoms with van der Waals surface area (Å²) in [6, 6.07) is 11.7. The quantitative estimate of drug-likeness (QED) is 0.565. The van der Waals surface area contributed by atoms with Crippen molar-refractivity contribution in [1.82, 2.24) is 9.62 Å². The second kappa shape index (κ2) is 11.0. The van der Waals surface area contributed by atoms with Crippen molar-refractivity contribution in [1.29, 1.82) is 0 Å². The van der Waals surface area contributed by atoms with Gasteiger partial charge >= 0.3 is 0 Å². The molecule has 0 aliphatic heterocycles. The number of hydrogen-bond acceptors (Lipinski definition) is 6. The molecule has 1 N–H and O–H groups in total. The van der Waals surface area contributed by atoms with Crippen LogP contribution in [0.3, 0.4) is 0 Å². The van der Waals surface area contributed by atoms with Crippen molar-refractivity contribution in [3.63, 3.8) is 0 Å². The maximum Gasteiger partial charge on any atom is 0.242 e. The third-order valence-corrected chi connectivity index (χ3v) is 6.43. The van der Waals surface area contributed by atoms with Crippen molar-refractivity contribution >= 4 is 15.9 Å². The minimum Gasteiger partial charge on any atom is -0.497 e. The van der Waals surface area contributed by atoms with Crippen LogP contribution in [0.5, 0.6) is 17.2 Å². The van der Waals surface area contributed by atoms with Crippen LogP contribution < -0.4 is 19.5 Å². The number of aryl methyl sites for hydroxylation is 1. The molecule has 1 atom stereocenters. The van der Waals surface area contributed by atoms with Crippen molar-refractivity contribution in [2.75, 3.05) is 34.9 Å². The highest BCUT2D eigenvalue weighted by Crippen LogP contribution is 2.25. The zero-order valence-electron chi connectivity index (χ0n) is 18.5. The Morgan fingerprint density at radius 2 is 1.68 bits per heavy atom. The minimum absolute atomic E-state index is 0.159. The normalized spacial score (nSPS) is 12.3. The van der Waals surface area contributed by atoms with Gasteiger partial charge in [0.05, 0.1) is 25.2 Å². The van der Waals surface area contributed by atoms with Gasteiger partial charge in [-0.15, -0.1) is 0 Å². The molecule has 9 heteroatoms. The summed E-state index contributed by atoms with van der Waals surface area (Å²) < 4.78 is 42.0. The molecule has 0 heterocycles. The molecule has 0 fully saturated rings. The summed E-state index contributed by atoms with van der Waals surface area (Å²) in [6.45, 7) is 2.17. The van der Waals surface area contributed by atoms with Gasteiger partial charge < -0.3 is 19.5 Å². The van der Waals surface area contributed by atoms with E-state index in [2.05, 4.69) is 5.32 Å². The Bertz CT molecular complexity index is 974. The number of nitrogens with zero attached hydrogens (tertiary/aromatic N) is 1. The second-order valence-corrected chi connectivity index (χ2v) is 9.37. The van der Waals surface area contributed by atoms with Crippen LogP contribution in [-0.4, -0.2) is 59.6 Å². The third kappa shape index (κ3) is 6.86. The van der Waals surface area contributed by atoms with Gasteiger partial charge in [0.2, 0.25) is 15.9 Å². The van der Waals surface area contributed by atoms with Gasteiger partial charge in [0.15, 0.2) is 0 Å². The average molecular weight is 451 g/mol. The number of methoxy groups -OCH3 is 2. The molecule has 0 saturated carbocycles. The Morgan fingerprint density at radius 3 is 2.26 bits per heavy atom. The lowest BCUT2D eigenvalue weighted by molar-refractivity contribution is -0.121. The van der Waals surface area contributed by atoms with Crippen LogP contribution in [0.1, 0.15) is 18.9 Å². The Morgan fingerprint density at radius 1 is 1.03 bits per heavy atom. The number of carbonyl (C=O) groups excluding carboxylic acids is 1. The number of sulfonamides is 1. The minimum atomic E-state index is -3.57. The number of ether oxygens (including phenoxy) is 3. The molecule has 1 unspecified atom stereocenters. The number of amides is 1. The molecule has 8 nitrogen and oxygen atoms in total. The number of hydrogen-bond donors (Lipinski definition) is 1. The molecular weight excluding hydrogens is 420 g/mol. The lowest BCUT2D eigenvalue weighted by atomic mass is 10.1. The predicted octanol–water partition coefficient (Wildman–Crippen LogP) is 2.47. The van der Waals surface area contributed by atoms with Crippen LogP contribution >= 0.6 is 0 Å². The molecule has 0 bridgehead atoms. The van der Waals surface area contributed by atoms with Crippen LogP contribution in [-0.2, 0) is 21.2 Å². The van der Waals surface area contributed by atoms with Gasteiger partial charge in [-0.2, -0.15) is 0 Å². The van der Waals surface area contributed by atoms with E-state index < -0.39 is 10.0 Å². The Labute approximate surface area is 184 Å². The predicted molar refractivity (Wildman–Crippen MR) is 118 cm³/mol. The molecule has 31 heavy (non-hydrogen) atoms. The molecule has 2 aromatic carbocycles. The summed E-state index contributed by atoms with van der Waals surface area (Å²) in [4.78, 5) is 12.5. The fourth-order valence-corrected chi connectivity index (χ4v) is 3.80. The molecule has 1 amide bonds. The lowest BCUT2D eigenvalue weighted by Gasteiger charge is -2.16. The van der Waals surface area contributed by atoms with Crippen LogP contribution in [0, 0.1) is 0 Å². The zero-order valence-corrected chi connectivity index (χ0v) is 19.4. The van der Waals surface area contributed by atoms with Gasteiger partial charge in [-0.25, -0.2) is 12.7 Å². The number of rotatable bonds is 11. The van der Waals surface area contributed by atoms with E-state index in [9.17, 15) is 13.2 Å². The van der Waals surface area contributed by atoms with E-state index in [1.54, 1.807) is 43.5 Å². The first-order valence-corrected chi connectivity index (χ1v) is 11.3. The summed E-state index contributed by atoms with van der Waals surface area (Å²) in [5, 5.41) is 2.89. The fourth-order valence-electron chi connectivity index (χ4n) is 2.85. The fraction of sp³-hybridized carbons (Fsp3) is 0.409. The first kappa shape index (κ1) is 24.5.